The summed E-state index contributed by atoms with van der Waals surface area (Å²) in [6.45, 7) is 5.52. The first-order valence-corrected chi connectivity index (χ1v) is 14.4. The highest BCUT2D eigenvalue weighted by Crippen LogP contribution is 2.36. The van der Waals surface area contributed by atoms with Crippen molar-refractivity contribution in [3.8, 4) is 0 Å². The standard InChI is InChI=1S/C33H41N3O6/c1-21-30(32(39)35-27(17-24-11-7-5-8-12-24)28(37)18-34-26-15-16-26)22(2)36(19-29(38)41-4)23(3)31(21)33(40)42-20-25-13-9-6-10-14-25/h5-14,21,26-28,34,37H,15-20H2,1-4H3,(H,35,39)/t21?,27-,28+/m0/s1. The molecule has 0 saturated heterocycles. The Bertz CT molecular complexity index is 1320. The molecule has 2 aromatic rings. The topological polar surface area (TPSA) is 117 Å². The average molecular weight is 576 g/mol. The van der Waals surface area contributed by atoms with Gasteiger partial charge in [0.1, 0.15) is 13.2 Å². The fourth-order valence-electron chi connectivity index (χ4n) is 5.35. The summed E-state index contributed by atoms with van der Waals surface area (Å²) >= 11 is 0. The number of benzene rings is 2. The molecule has 1 aliphatic carbocycles. The summed E-state index contributed by atoms with van der Waals surface area (Å²) < 4.78 is 10.6. The second-order valence-corrected chi connectivity index (χ2v) is 11.0. The molecule has 9 nitrogen and oxygen atoms in total. The van der Waals surface area contributed by atoms with E-state index in [4.69, 9.17) is 9.47 Å². The van der Waals surface area contributed by atoms with E-state index in [1.807, 2.05) is 60.7 Å². The summed E-state index contributed by atoms with van der Waals surface area (Å²) in [5.41, 5.74) is 3.49. The molecule has 3 atom stereocenters. The van der Waals surface area contributed by atoms with Crippen LogP contribution in [0.1, 0.15) is 44.7 Å². The Morgan fingerprint density at radius 2 is 1.55 bits per heavy atom. The van der Waals surface area contributed by atoms with E-state index in [0.717, 1.165) is 24.0 Å². The normalized spacial score (nSPS) is 18.4. The number of nitrogens with one attached hydrogen (secondary N) is 2. The Labute approximate surface area is 247 Å². The van der Waals surface area contributed by atoms with E-state index >= 15 is 0 Å². The zero-order valence-electron chi connectivity index (χ0n) is 24.8. The van der Waals surface area contributed by atoms with Gasteiger partial charge in [0.05, 0.1) is 24.8 Å². The molecule has 3 N–H and O–H groups in total. The Morgan fingerprint density at radius 3 is 2.14 bits per heavy atom. The molecule has 1 amide bonds. The van der Waals surface area contributed by atoms with E-state index in [1.165, 1.54) is 7.11 Å². The van der Waals surface area contributed by atoms with Gasteiger partial charge in [0.15, 0.2) is 0 Å². The van der Waals surface area contributed by atoms with Crippen molar-refractivity contribution in [1.29, 1.82) is 0 Å². The first-order chi connectivity index (χ1) is 20.2. The van der Waals surface area contributed by atoms with Crippen LogP contribution in [0.25, 0.3) is 0 Å². The summed E-state index contributed by atoms with van der Waals surface area (Å²) in [5, 5.41) is 17.5. The van der Waals surface area contributed by atoms with Crippen molar-refractivity contribution in [2.75, 3.05) is 20.2 Å². The van der Waals surface area contributed by atoms with Gasteiger partial charge in [-0.05, 0) is 44.2 Å². The molecule has 2 aliphatic rings. The van der Waals surface area contributed by atoms with Crippen LogP contribution in [-0.2, 0) is 36.9 Å². The maximum absolute atomic E-state index is 14.0. The molecule has 224 valence electrons. The molecule has 1 unspecified atom stereocenters. The summed E-state index contributed by atoms with van der Waals surface area (Å²) in [6, 6.07) is 18.8. The zero-order valence-corrected chi connectivity index (χ0v) is 24.8. The van der Waals surface area contributed by atoms with Crippen molar-refractivity contribution < 1.29 is 29.0 Å². The van der Waals surface area contributed by atoms with Gasteiger partial charge in [-0.3, -0.25) is 9.59 Å². The largest absolute Gasteiger partial charge is 0.468 e. The van der Waals surface area contributed by atoms with Crippen LogP contribution in [0, 0.1) is 5.92 Å². The third kappa shape index (κ3) is 7.86. The minimum atomic E-state index is -0.840. The molecule has 0 aromatic heterocycles. The van der Waals surface area contributed by atoms with Gasteiger partial charge in [0.25, 0.3) is 0 Å². The van der Waals surface area contributed by atoms with Crippen LogP contribution >= 0.6 is 0 Å². The zero-order chi connectivity index (χ0) is 30.2. The number of allylic oxidation sites excluding steroid dienone is 2. The summed E-state index contributed by atoms with van der Waals surface area (Å²) in [7, 11) is 1.29. The number of carbonyl (C=O) groups is 3. The monoisotopic (exact) mass is 575 g/mol. The van der Waals surface area contributed by atoms with Crippen LogP contribution in [-0.4, -0.2) is 66.2 Å². The molecule has 9 heteroatoms. The molecule has 1 heterocycles. The predicted octanol–water partition coefficient (Wildman–Crippen LogP) is 3.24. The smallest absolute Gasteiger partial charge is 0.336 e. The highest BCUT2D eigenvalue weighted by atomic mass is 16.5. The number of aliphatic hydroxyl groups excluding tert-OH is 1. The lowest BCUT2D eigenvalue weighted by Crippen LogP contribution is -2.50. The number of carbonyl (C=O) groups excluding carboxylic acids is 3. The molecule has 1 fully saturated rings. The van der Waals surface area contributed by atoms with E-state index in [1.54, 1.807) is 25.7 Å². The predicted molar refractivity (Wildman–Crippen MR) is 159 cm³/mol. The third-order valence-corrected chi connectivity index (χ3v) is 7.92. The molecule has 2 aromatic carbocycles. The second-order valence-electron chi connectivity index (χ2n) is 11.0. The number of rotatable bonds is 13. The first kappa shape index (κ1) is 31.0. The van der Waals surface area contributed by atoms with Gasteiger partial charge in [0.2, 0.25) is 5.91 Å². The van der Waals surface area contributed by atoms with E-state index in [0.29, 0.717) is 41.5 Å². The average Bonchev–Trinajstić information content (AvgIpc) is 3.82. The molecule has 1 aliphatic heterocycles. The third-order valence-electron chi connectivity index (χ3n) is 7.92. The van der Waals surface area contributed by atoms with Crippen molar-refractivity contribution in [2.24, 2.45) is 5.92 Å². The first-order valence-electron chi connectivity index (χ1n) is 14.4. The lowest BCUT2D eigenvalue weighted by Gasteiger charge is -2.37. The van der Waals surface area contributed by atoms with Gasteiger partial charge in [0, 0.05) is 35.5 Å². The number of hydrogen-bond donors (Lipinski definition) is 3. The van der Waals surface area contributed by atoms with Crippen LogP contribution in [0.15, 0.2) is 83.2 Å². The Hall–Kier alpha value is -3.95. The molecule has 1 saturated carbocycles. The van der Waals surface area contributed by atoms with Gasteiger partial charge in [-0.1, -0.05) is 67.6 Å². The SMILES string of the molecule is COC(=O)CN1C(C)=C(C(=O)N[C@@H](Cc2ccccc2)[C@H](O)CNC2CC2)C(C)C(C(=O)OCc2ccccc2)=C1C. The Balaban J connectivity index is 1.60. The highest BCUT2D eigenvalue weighted by Gasteiger charge is 2.38. The number of amides is 1. The summed E-state index contributed by atoms with van der Waals surface area (Å²) in [5.74, 6) is -2.11. The van der Waals surface area contributed by atoms with E-state index in [-0.39, 0.29) is 13.2 Å². The number of hydrogen-bond acceptors (Lipinski definition) is 8. The molecule has 0 bridgehead atoms. The number of aliphatic hydroxyl groups is 1. The molecular formula is C33H41N3O6. The fourth-order valence-corrected chi connectivity index (χ4v) is 5.35. The lowest BCUT2D eigenvalue weighted by atomic mass is 9.85. The highest BCUT2D eigenvalue weighted by molar-refractivity contribution is 6.00. The maximum atomic E-state index is 14.0. The maximum Gasteiger partial charge on any atom is 0.336 e. The number of methoxy groups -OCH3 is 1. The number of esters is 2. The van der Waals surface area contributed by atoms with Gasteiger partial charge in [-0.25, -0.2) is 4.79 Å². The van der Waals surface area contributed by atoms with Gasteiger partial charge < -0.3 is 30.1 Å². The van der Waals surface area contributed by atoms with Crippen LogP contribution in [0.5, 0.6) is 0 Å². The minimum absolute atomic E-state index is 0.0732. The molecule has 0 radical (unpaired) electrons. The molecular weight excluding hydrogens is 534 g/mol. The van der Waals surface area contributed by atoms with Crippen molar-refractivity contribution in [3.05, 3.63) is 94.3 Å². The van der Waals surface area contributed by atoms with E-state index < -0.39 is 35.9 Å². The minimum Gasteiger partial charge on any atom is -0.468 e. The van der Waals surface area contributed by atoms with Crippen molar-refractivity contribution in [3.63, 3.8) is 0 Å². The van der Waals surface area contributed by atoms with Gasteiger partial charge in [-0.2, -0.15) is 0 Å². The van der Waals surface area contributed by atoms with Gasteiger partial charge >= 0.3 is 11.9 Å². The second kappa shape index (κ2) is 14.3. The Kier molecular flexibility index (Phi) is 10.5. The molecule has 4 rings (SSSR count). The van der Waals surface area contributed by atoms with Crippen molar-refractivity contribution in [1.82, 2.24) is 15.5 Å². The molecule has 42 heavy (non-hydrogen) atoms. The Morgan fingerprint density at radius 1 is 0.952 bits per heavy atom. The quantitative estimate of drug-likeness (QED) is 0.312. The molecule has 0 spiro atoms. The van der Waals surface area contributed by atoms with Crippen LogP contribution in [0.2, 0.25) is 0 Å². The summed E-state index contributed by atoms with van der Waals surface area (Å²) in [4.78, 5) is 41.5. The number of ether oxygens (including phenoxy) is 2. The van der Waals surface area contributed by atoms with Crippen LogP contribution in [0.3, 0.4) is 0 Å². The fraction of sp³-hybridized carbons (Fsp3) is 0.424. The van der Waals surface area contributed by atoms with Crippen LogP contribution < -0.4 is 10.6 Å². The number of nitrogens with zero attached hydrogens (tertiary/aromatic N) is 1. The van der Waals surface area contributed by atoms with Crippen molar-refractivity contribution in [2.45, 2.75) is 64.8 Å². The van der Waals surface area contributed by atoms with Crippen LogP contribution in [0.4, 0.5) is 0 Å². The lowest BCUT2D eigenvalue weighted by molar-refractivity contribution is -0.143. The van der Waals surface area contributed by atoms with Gasteiger partial charge in [-0.15, -0.1) is 0 Å². The van der Waals surface area contributed by atoms with E-state index in [9.17, 15) is 19.5 Å². The van der Waals surface area contributed by atoms with Crippen molar-refractivity contribution >= 4 is 17.8 Å². The van der Waals surface area contributed by atoms with E-state index in [2.05, 4.69) is 10.6 Å². The summed E-state index contributed by atoms with van der Waals surface area (Å²) in [6.07, 6.45) is 1.75.